The van der Waals surface area contributed by atoms with E-state index in [0.717, 1.165) is 18.0 Å². The second-order valence-corrected chi connectivity index (χ2v) is 6.05. The molecule has 0 spiro atoms. The largest absolute Gasteiger partial charge is 0.346 e. The molecular formula is C15H21N3O3. The van der Waals surface area contributed by atoms with E-state index in [0.29, 0.717) is 6.54 Å². The summed E-state index contributed by atoms with van der Waals surface area (Å²) < 4.78 is 0. The summed E-state index contributed by atoms with van der Waals surface area (Å²) in [4.78, 5) is 22.1. The number of benzene rings is 1. The lowest BCUT2D eigenvalue weighted by Gasteiger charge is -2.27. The minimum Gasteiger partial charge on any atom is -0.346 e. The number of rotatable bonds is 7. The first-order valence-corrected chi connectivity index (χ1v) is 7.15. The number of hydrogen-bond donors (Lipinski definition) is 2. The van der Waals surface area contributed by atoms with Crippen LogP contribution in [0.3, 0.4) is 0 Å². The maximum atomic E-state index is 11.9. The van der Waals surface area contributed by atoms with Crippen molar-refractivity contribution in [2.45, 2.75) is 32.2 Å². The number of carbonyl (C=O) groups excluding carboxylic acids is 1. The number of hydrogen-bond acceptors (Lipinski definition) is 4. The Morgan fingerprint density at radius 2 is 1.95 bits per heavy atom. The summed E-state index contributed by atoms with van der Waals surface area (Å²) in [5, 5.41) is 16.7. The molecular weight excluding hydrogens is 270 g/mol. The Labute approximate surface area is 124 Å². The number of non-ortho nitro benzene ring substituents is 1. The van der Waals surface area contributed by atoms with Crippen molar-refractivity contribution in [2.24, 2.45) is 5.92 Å². The highest BCUT2D eigenvalue weighted by Crippen LogP contribution is 2.27. The van der Waals surface area contributed by atoms with Crippen molar-refractivity contribution < 1.29 is 9.72 Å². The van der Waals surface area contributed by atoms with Gasteiger partial charge in [0.2, 0.25) is 5.91 Å². The van der Waals surface area contributed by atoms with Crippen molar-refractivity contribution in [1.82, 2.24) is 10.6 Å². The highest BCUT2D eigenvalue weighted by molar-refractivity contribution is 5.79. The normalized spacial score (nSPS) is 14.8. The van der Waals surface area contributed by atoms with Gasteiger partial charge in [-0.25, -0.2) is 0 Å². The molecule has 0 radical (unpaired) electrons. The van der Waals surface area contributed by atoms with E-state index in [1.54, 1.807) is 12.1 Å². The minimum absolute atomic E-state index is 0.0481. The van der Waals surface area contributed by atoms with Gasteiger partial charge in [0.1, 0.15) is 0 Å². The van der Waals surface area contributed by atoms with Crippen LogP contribution < -0.4 is 10.6 Å². The Morgan fingerprint density at radius 1 is 1.33 bits per heavy atom. The second-order valence-electron chi connectivity index (χ2n) is 6.05. The number of nitrogens with one attached hydrogen (secondary N) is 2. The van der Waals surface area contributed by atoms with Gasteiger partial charge in [-0.3, -0.25) is 14.9 Å². The second kappa shape index (κ2) is 6.22. The predicted molar refractivity (Wildman–Crippen MR) is 79.9 cm³/mol. The lowest BCUT2D eigenvalue weighted by Crippen LogP contribution is -2.45. The quantitative estimate of drug-likeness (QED) is 0.594. The molecule has 1 aliphatic carbocycles. The summed E-state index contributed by atoms with van der Waals surface area (Å²) in [7, 11) is 0. The van der Waals surface area contributed by atoms with Gasteiger partial charge in [0, 0.05) is 12.1 Å². The van der Waals surface area contributed by atoms with Crippen molar-refractivity contribution >= 4 is 11.6 Å². The van der Waals surface area contributed by atoms with Crippen LogP contribution >= 0.6 is 0 Å². The third-order valence-electron chi connectivity index (χ3n) is 3.67. The fourth-order valence-corrected chi connectivity index (χ4v) is 2.18. The smallest absolute Gasteiger partial charge is 0.269 e. The number of amides is 1. The molecule has 0 aromatic heterocycles. The Bertz CT molecular complexity index is 521. The van der Waals surface area contributed by atoms with E-state index < -0.39 is 10.5 Å². The summed E-state index contributed by atoms with van der Waals surface area (Å²) >= 11 is 0. The first-order valence-electron chi connectivity index (χ1n) is 7.15. The molecule has 1 fully saturated rings. The molecule has 0 heterocycles. The van der Waals surface area contributed by atoms with Crippen LogP contribution in [-0.2, 0) is 10.3 Å². The molecule has 0 bridgehead atoms. The highest BCUT2D eigenvalue weighted by atomic mass is 16.6. The Balaban J connectivity index is 1.89. The van der Waals surface area contributed by atoms with E-state index in [1.165, 1.54) is 25.0 Å². The van der Waals surface area contributed by atoms with Crippen molar-refractivity contribution in [2.75, 3.05) is 13.1 Å². The summed E-state index contributed by atoms with van der Waals surface area (Å²) in [6, 6.07) is 6.26. The molecule has 1 amide bonds. The van der Waals surface area contributed by atoms with Gasteiger partial charge in [-0.1, -0.05) is 0 Å². The van der Waals surface area contributed by atoms with Gasteiger partial charge < -0.3 is 10.6 Å². The molecule has 21 heavy (non-hydrogen) atoms. The average molecular weight is 291 g/mol. The molecule has 6 nitrogen and oxygen atoms in total. The Hall–Kier alpha value is -1.95. The van der Waals surface area contributed by atoms with E-state index >= 15 is 0 Å². The van der Waals surface area contributed by atoms with Crippen LogP contribution in [0.15, 0.2) is 24.3 Å². The zero-order chi connectivity index (χ0) is 15.5. The SMILES string of the molecule is CC(C)(NC(=O)CNCC1CC1)c1ccc([N+](=O)[O-])cc1. The molecule has 1 aromatic rings. The lowest BCUT2D eigenvalue weighted by atomic mass is 9.94. The first kappa shape index (κ1) is 15.4. The van der Waals surface area contributed by atoms with Gasteiger partial charge in [-0.05, 0) is 56.8 Å². The maximum Gasteiger partial charge on any atom is 0.269 e. The van der Waals surface area contributed by atoms with E-state index in [9.17, 15) is 14.9 Å². The van der Waals surface area contributed by atoms with Crippen LogP contribution in [0, 0.1) is 16.0 Å². The number of nitrogens with zero attached hydrogens (tertiary/aromatic N) is 1. The minimum atomic E-state index is -0.562. The van der Waals surface area contributed by atoms with Crippen molar-refractivity contribution in [1.29, 1.82) is 0 Å². The molecule has 1 saturated carbocycles. The fourth-order valence-electron chi connectivity index (χ4n) is 2.18. The number of nitro benzene ring substituents is 1. The summed E-state index contributed by atoms with van der Waals surface area (Å²) in [5.74, 6) is 0.666. The van der Waals surface area contributed by atoms with Gasteiger partial charge in [0.15, 0.2) is 0 Å². The lowest BCUT2D eigenvalue weighted by molar-refractivity contribution is -0.384. The number of carbonyl (C=O) groups is 1. The number of nitro groups is 1. The third kappa shape index (κ3) is 4.53. The van der Waals surface area contributed by atoms with Gasteiger partial charge >= 0.3 is 0 Å². The zero-order valence-electron chi connectivity index (χ0n) is 12.4. The zero-order valence-corrected chi connectivity index (χ0v) is 12.4. The van der Waals surface area contributed by atoms with E-state index in [4.69, 9.17) is 0 Å². The fraction of sp³-hybridized carbons (Fsp3) is 0.533. The predicted octanol–water partition coefficient (Wildman–Crippen LogP) is 1.95. The average Bonchev–Trinajstić information content (AvgIpc) is 3.22. The molecule has 0 unspecified atom stereocenters. The van der Waals surface area contributed by atoms with Gasteiger partial charge in [0.25, 0.3) is 5.69 Å². The van der Waals surface area contributed by atoms with Crippen molar-refractivity contribution in [3.63, 3.8) is 0 Å². The Kier molecular flexibility index (Phi) is 4.57. The molecule has 114 valence electrons. The molecule has 6 heteroatoms. The third-order valence-corrected chi connectivity index (χ3v) is 3.67. The van der Waals surface area contributed by atoms with Crippen LogP contribution in [0.25, 0.3) is 0 Å². The molecule has 1 aromatic carbocycles. The van der Waals surface area contributed by atoms with Gasteiger partial charge in [0.05, 0.1) is 17.0 Å². The van der Waals surface area contributed by atoms with E-state index in [-0.39, 0.29) is 11.6 Å². The summed E-state index contributed by atoms with van der Waals surface area (Å²) in [6.07, 6.45) is 2.51. The molecule has 2 N–H and O–H groups in total. The highest BCUT2D eigenvalue weighted by Gasteiger charge is 2.24. The first-order chi connectivity index (χ1) is 9.88. The standard InChI is InChI=1S/C15H21N3O3/c1-15(2,12-5-7-13(8-6-12)18(20)21)17-14(19)10-16-9-11-3-4-11/h5-8,11,16H,3-4,9-10H2,1-2H3,(H,17,19). The maximum absolute atomic E-state index is 11.9. The topological polar surface area (TPSA) is 84.3 Å². The van der Waals surface area contributed by atoms with Gasteiger partial charge in [-0.2, -0.15) is 0 Å². The summed E-state index contributed by atoms with van der Waals surface area (Å²) in [5.41, 5.74) is 0.323. The van der Waals surface area contributed by atoms with Crippen LogP contribution in [0.4, 0.5) is 5.69 Å². The molecule has 0 atom stereocenters. The van der Waals surface area contributed by atoms with Crippen molar-refractivity contribution in [3.8, 4) is 0 Å². The van der Waals surface area contributed by atoms with Gasteiger partial charge in [-0.15, -0.1) is 0 Å². The molecule has 1 aliphatic rings. The summed E-state index contributed by atoms with van der Waals surface area (Å²) in [6.45, 7) is 4.96. The van der Waals surface area contributed by atoms with Crippen LogP contribution in [-0.4, -0.2) is 23.9 Å². The molecule has 2 rings (SSSR count). The van der Waals surface area contributed by atoms with Crippen LogP contribution in [0.2, 0.25) is 0 Å². The van der Waals surface area contributed by atoms with Crippen LogP contribution in [0.5, 0.6) is 0 Å². The molecule has 0 saturated heterocycles. The molecule has 0 aliphatic heterocycles. The van der Waals surface area contributed by atoms with Crippen molar-refractivity contribution in [3.05, 3.63) is 39.9 Å². The monoisotopic (exact) mass is 291 g/mol. The Morgan fingerprint density at radius 3 is 2.48 bits per heavy atom. The van der Waals surface area contributed by atoms with E-state index in [1.807, 2.05) is 13.8 Å². The van der Waals surface area contributed by atoms with E-state index in [2.05, 4.69) is 10.6 Å². The van der Waals surface area contributed by atoms with Crippen LogP contribution in [0.1, 0.15) is 32.3 Å².